The third-order valence-electron chi connectivity index (χ3n) is 5.03. The van der Waals surface area contributed by atoms with Gasteiger partial charge in [-0.1, -0.05) is 66.7 Å². The Balaban J connectivity index is 1.77. The van der Waals surface area contributed by atoms with Crippen LogP contribution in [0.5, 0.6) is 5.75 Å². The summed E-state index contributed by atoms with van der Waals surface area (Å²) in [5, 5.41) is 23.5. The molecule has 3 aromatic carbocycles. The van der Waals surface area contributed by atoms with Crippen LogP contribution in [-0.2, 0) is 6.61 Å². The second-order valence-electron chi connectivity index (χ2n) is 6.89. The van der Waals surface area contributed by atoms with E-state index in [2.05, 4.69) is 48.6 Å². The molecule has 3 nitrogen and oxygen atoms in total. The molecular weight excluding hydrogens is 334 g/mol. The largest absolute Gasteiger partial charge is 0.508 e. The van der Waals surface area contributed by atoms with Gasteiger partial charge in [0.05, 0.1) is 6.61 Å². The number of phenols is 1. The second-order valence-corrected chi connectivity index (χ2v) is 6.89. The van der Waals surface area contributed by atoms with E-state index in [1.807, 2.05) is 30.3 Å². The maximum absolute atomic E-state index is 10.4. The number of phenolic OH excluding ortho intramolecular Hbond substituents is 1. The molecule has 0 aliphatic heterocycles. The second kappa shape index (κ2) is 9.36. The van der Waals surface area contributed by atoms with Gasteiger partial charge in [-0.2, -0.15) is 0 Å². The lowest BCUT2D eigenvalue weighted by Gasteiger charge is -2.22. The van der Waals surface area contributed by atoms with E-state index in [0.717, 1.165) is 29.7 Å². The summed E-state index contributed by atoms with van der Waals surface area (Å²) in [4.78, 5) is 0. The predicted octanol–water partition coefficient (Wildman–Crippen LogP) is 4.76. The van der Waals surface area contributed by atoms with Crippen LogP contribution in [0.1, 0.15) is 47.6 Å². The fraction of sp³-hybridized carbons (Fsp3) is 0.250. The first-order valence-electron chi connectivity index (χ1n) is 9.45. The van der Waals surface area contributed by atoms with Gasteiger partial charge in [-0.15, -0.1) is 0 Å². The quantitative estimate of drug-likeness (QED) is 0.542. The topological polar surface area (TPSA) is 52.5 Å². The lowest BCUT2D eigenvalue weighted by Crippen LogP contribution is -2.22. The summed E-state index contributed by atoms with van der Waals surface area (Å²) in [6.45, 7) is 2.95. The van der Waals surface area contributed by atoms with E-state index >= 15 is 0 Å². The Morgan fingerprint density at radius 2 is 1.48 bits per heavy atom. The van der Waals surface area contributed by atoms with Crippen molar-refractivity contribution in [2.24, 2.45) is 0 Å². The molecular formula is C24H27NO2. The molecule has 0 saturated heterocycles. The highest BCUT2D eigenvalue weighted by molar-refractivity contribution is 5.43. The molecule has 3 heteroatoms. The van der Waals surface area contributed by atoms with Crippen LogP contribution >= 0.6 is 0 Å². The monoisotopic (exact) mass is 361 g/mol. The van der Waals surface area contributed by atoms with Crippen molar-refractivity contribution in [3.05, 3.63) is 101 Å². The highest BCUT2D eigenvalue weighted by Crippen LogP contribution is 2.34. The molecule has 0 aliphatic carbocycles. The molecule has 3 rings (SSSR count). The number of hydrogen-bond acceptors (Lipinski definition) is 3. The van der Waals surface area contributed by atoms with Crippen molar-refractivity contribution in [3.63, 3.8) is 0 Å². The Hall–Kier alpha value is -2.62. The fourth-order valence-electron chi connectivity index (χ4n) is 3.47. The van der Waals surface area contributed by atoms with Gasteiger partial charge >= 0.3 is 0 Å². The zero-order chi connectivity index (χ0) is 19.1. The molecule has 0 saturated carbocycles. The third-order valence-corrected chi connectivity index (χ3v) is 5.03. The number of aliphatic hydroxyl groups excluding tert-OH is 1. The van der Waals surface area contributed by atoms with Crippen LogP contribution in [0.25, 0.3) is 0 Å². The van der Waals surface area contributed by atoms with Crippen molar-refractivity contribution in [2.75, 3.05) is 6.54 Å². The highest BCUT2D eigenvalue weighted by atomic mass is 16.3. The molecule has 140 valence electrons. The molecule has 0 aliphatic rings. The lowest BCUT2D eigenvalue weighted by molar-refractivity contribution is 0.281. The first-order chi connectivity index (χ1) is 13.2. The Labute approximate surface area is 161 Å². The van der Waals surface area contributed by atoms with Crippen LogP contribution in [0.2, 0.25) is 0 Å². The van der Waals surface area contributed by atoms with Crippen LogP contribution in [-0.4, -0.2) is 16.8 Å². The van der Waals surface area contributed by atoms with Crippen LogP contribution in [0.3, 0.4) is 0 Å². The molecule has 0 radical (unpaired) electrons. The lowest BCUT2D eigenvalue weighted by atomic mass is 9.87. The van der Waals surface area contributed by atoms with Crippen LogP contribution in [0, 0.1) is 0 Å². The van der Waals surface area contributed by atoms with Crippen LogP contribution in [0.15, 0.2) is 78.9 Å². The minimum Gasteiger partial charge on any atom is -0.508 e. The number of aromatic hydroxyl groups is 1. The molecule has 1 unspecified atom stereocenters. The Kier molecular flexibility index (Phi) is 6.64. The van der Waals surface area contributed by atoms with Gasteiger partial charge in [0.1, 0.15) is 5.75 Å². The number of aliphatic hydroxyl groups is 1. The van der Waals surface area contributed by atoms with E-state index in [-0.39, 0.29) is 24.3 Å². The molecule has 2 atom stereocenters. The van der Waals surface area contributed by atoms with Gasteiger partial charge in [0, 0.05) is 17.5 Å². The third kappa shape index (κ3) is 4.97. The molecule has 3 aromatic rings. The van der Waals surface area contributed by atoms with Crippen LogP contribution < -0.4 is 5.32 Å². The fourth-order valence-corrected chi connectivity index (χ4v) is 3.47. The predicted molar refractivity (Wildman–Crippen MR) is 110 cm³/mol. The molecule has 0 spiro atoms. The van der Waals surface area contributed by atoms with Crippen molar-refractivity contribution < 1.29 is 10.2 Å². The molecule has 0 amide bonds. The molecule has 0 bridgehead atoms. The highest BCUT2D eigenvalue weighted by Gasteiger charge is 2.18. The minimum absolute atomic E-state index is 0.0297. The van der Waals surface area contributed by atoms with Gasteiger partial charge in [0.2, 0.25) is 0 Å². The van der Waals surface area contributed by atoms with E-state index in [0.29, 0.717) is 0 Å². The number of hydrogen-bond donors (Lipinski definition) is 3. The van der Waals surface area contributed by atoms with Crippen molar-refractivity contribution in [1.29, 1.82) is 0 Å². The van der Waals surface area contributed by atoms with Gasteiger partial charge in [0.15, 0.2) is 0 Å². The molecule has 3 N–H and O–H groups in total. The van der Waals surface area contributed by atoms with E-state index < -0.39 is 0 Å². The van der Waals surface area contributed by atoms with E-state index in [9.17, 15) is 10.2 Å². The summed E-state index contributed by atoms with van der Waals surface area (Å²) in [7, 11) is 0. The normalized spacial score (nSPS) is 13.3. The first kappa shape index (κ1) is 19.2. The van der Waals surface area contributed by atoms with E-state index in [1.165, 1.54) is 5.56 Å². The van der Waals surface area contributed by atoms with E-state index in [4.69, 9.17) is 0 Å². The Morgan fingerprint density at radius 1 is 0.852 bits per heavy atom. The number of benzene rings is 3. The smallest absolute Gasteiger partial charge is 0.119 e. The minimum atomic E-state index is -0.0297. The molecule has 0 fully saturated rings. The SMILES string of the molecule is CC(NCC[C@H](c1ccccc1)c1cc(CO)ccc1O)c1ccccc1. The zero-order valence-corrected chi connectivity index (χ0v) is 15.7. The van der Waals surface area contributed by atoms with Crippen molar-refractivity contribution in [1.82, 2.24) is 5.32 Å². The van der Waals surface area contributed by atoms with Crippen LogP contribution in [0.4, 0.5) is 0 Å². The van der Waals surface area contributed by atoms with E-state index in [1.54, 1.807) is 12.1 Å². The summed E-state index contributed by atoms with van der Waals surface area (Å²) in [5.74, 6) is 0.338. The zero-order valence-electron chi connectivity index (χ0n) is 15.7. The number of nitrogens with one attached hydrogen (secondary N) is 1. The van der Waals surface area contributed by atoms with Gasteiger partial charge in [-0.25, -0.2) is 0 Å². The number of rotatable bonds is 8. The maximum atomic E-state index is 10.4. The van der Waals surface area contributed by atoms with Gasteiger partial charge in [0.25, 0.3) is 0 Å². The van der Waals surface area contributed by atoms with Gasteiger partial charge in [-0.05, 0) is 48.7 Å². The van der Waals surface area contributed by atoms with Gasteiger partial charge in [-0.3, -0.25) is 0 Å². The summed E-state index contributed by atoms with van der Waals surface area (Å²) in [5.41, 5.74) is 4.10. The maximum Gasteiger partial charge on any atom is 0.119 e. The Bertz CT molecular complexity index is 834. The first-order valence-corrected chi connectivity index (χ1v) is 9.45. The van der Waals surface area contributed by atoms with Gasteiger partial charge < -0.3 is 15.5 Å². The van der Waals surface area contributed by atoms with Crippen molar-refractivity contribution in [3.8, 4) is 5.75 Å². The Morgan fingerprint density at radius 3 is 2.11 bits per heavy atom. The van der Waals surface area contributed by atoms with Crippen molar-refractivity contribution >= 4 is 0 Å². The van der Waals surface area contributed by atoms with Crippen molar-refractivity contribution in [2.45, 2.75) is 31.9 Å². The molecule has 0 aromatic heterocycles. The molecule has 27 heavy (non-hydrogen) atoms. The average Bonchev–Trinajstić information content (AvgIpc) is 2.73. The summed E-state index contributed by atoms with van der Waals surface area (Å²) >= 11 is 0. The molecule has 0 heterocycles. The average molecular weight is 361 g/mol. The summed E-state index contributed by atoms with van der Waals surface area (Å²) in [6.07, 6.45) is 0.851. The standard InChI is InChI=1S/C24H27NO2/c1-18(20-8-4-2-5-9-20)25-15-14-22(21-10-6-3-7-11-21)23-16-19(17-26)12-13-24(23)27/h2-13,16,18,22,25-27H,14-15,17H2,1H3/t18?,22-/m1/s1. The summed E-state index contributed by atoms with van der Waals surface area (Å²) < 4.78 is 0. The summed E-state index contributed by atoms with van der Waals surface area (Å²) in [6, 6.07) is 26.2.